The van der Waals surface area contributed by atoms with Gasteiger partial charge in [0.05, 0.1) is 11.8 Å². The lowest BCUT2D eigenvalue weighted by Crippen LogP contribution is -2.17. The summed E-state index contributed by atoms with van der Waals surface area (Å²) >= 11 is 0. The second kappa shape index (κ2) is 4.01. The molecule has 0 saturated heterocycles. The first-order valence-corrected chi connectivity index (χ1v) is 5.66. The van der Waals surface area contributed by atoms with E-state index in [0.29, 0.717) is 5.69 Å². The maximum absolute atomic E-state index is 12.0. The van der Waals surface area contributed by atoms with Crippen LogP contribution in [-0.2, 0) is 9.59 Å². The number of benzene rings is 1. The summed E-state index contributed by atoms with van der Waals surface area (Å²) in [5, 5.41) is 20.8. The molecule has 2 atom stereocenters. The van der Waals surface area contributed by atoms with Crippen LogP contribution in [0, 0.1) is 17.3 Å². The first-order chi connectivity index (χ1) is 8.34. The van der Waals surface area contributed by atoms with Gasteiger partial charge < -0.3 is 15.5 Å². The van der Waals surface area contributed by atoms with Gasteiger partial charge in [0.2, 0.25) is 5.91 Å². The molecule has 0 spiro atoms. The normalized spacial score (nSPS) is 24.3. The number of amides is 1. The number of aromatic hydroxyl groups is 1. The predicted molar refractivity (Wildman–Crippen MR) is 65.1 cm³/mol. The number of carboxylic acid groups (broad SMARTS) is 1. The molecule has 0 unspecified atom stereocenters. The van der Waals surface area contributed by atoms with Gasteiger partial charge in [-0.15, -0.1) is 0 Å². The number of carboxylic acids is 1. The zero-order chi connectivity index (χ0) is 13.5. The zero-order valence-electron chi connectivity index (χ0n) is 10.2. The molecule has 1 amide bonds. The van der Waals surface area contributed by atoms with Gasteiger partial charge >= 0.3 is 5.97 Å². The molecule has 5 heteroatoms. The number of rotatable bonds is 3. The lowest BCUT2D eigenvalue weighted by molar-refractivity contribution is -0.140. The van der Waals surface area contributed by atoms with Crippen molar-refractivity contribution in [2.75, 3.05) is 5.32 Å². The standard InChI is InChI=1S/C13H15NO4/c1-13(2)9(10(13)12(17)18)11(16)14-7-3-5-8(15)6-4-7/h3-6,9-10,15H,1-2H3,(H,14,16)(H,17,18)/t9-,10-/m0/s1. The summed E-state index contributed by atoms with van der Waals surface area (Å²) in [5.74, 6) is -2.26. The minimum atomic E-state index is -0.939. The fourth-order valence-corrected chi connectivity index (χ4v) is 2.35. The number of hydrogen-bond acceptors (Lipinski definition) is 3. The SMILES string of the molecule is CC1(C)[C@H](C(=O)O)[C@H]1C(=O)Nc1ccc(O)cc1. The van der Waals surface area contributed by atoms with Crippen molar-refractivity contribution in [2.45, 2.75) is 13.8 Å². The van der Waals surface area contributed by atoms with E-state index in [9.17, 15) is 9.59 Å². The van der Waals surface area contributed by atoms with E-state index in [2.05, 4.69) is 5.32 Å². The van der Waals surface area contributed by atoms with Crippen molar-refractivity contribution in [2.24, 2.45) is 17.3 Å². The van der Waals surface area contributed by atoms with Crippen LogP contribution in [-0.4, -0.2) is 22.1 Å². The molecule has 1 aliphatic carbocycles. The number of carbonyl (C=O) groups is 2. The van der Waals surface area contributed by atoms with Crippen LogP contribution in [0.4, 0.5) is 5.69 Å². The lowest BCUT2D eigenvalue weighted by Gasteiger charge is -2.05. The molecular formula is C13H15NO4. The van der Waals surface area contributed by atoms with E-state index in [0.717, 1.165) is 0 Å². The van der Waals surface area contributed by atoms with Crippen molar-refractivity contribution in [3.8, 4) is 5.75 Å². The molecule has 0 heterocycles. The van der Waals surface area contributed by atoms with E-state index in [1.165, 1.54) is 12.1 Å². The van der Waals surface area contributed by atoms with Crippen LogP contribution in [0.25, 0.3) is 0 Å². The van der Waals surface area contributed by atoms with E-state index < -0.39 is 23.2 Å². The van der Waals surface area contributed by atoms with Crippen molar-refractivity contribution < 1.29 is 19.8 Å². The van der Waals surface area contributed by atoms with Gasteiger partial charge in [-0.05, 0) is 29.7 Å². The fourth-order valence-electron chi connectivity index (χ4n) is 2.35. The van der Waals surface area contributed by atoms with Crippen LogP contribution in [0.15, 0.2) is 24.3 Å². The van der Waals surface area contributed by atoms with E-state index in [1.54, 1.807) is 26.0 Å². The number of aliphatic carboxylic acids is 1. The number of phenols is 1. The summed E-state index contributed by atoms with van der Waals surface area (Å²) in [6.45, 7) is 3.54. The molecule has 5 nitrogen and oxygen atoms in total. The van der Waals surface area contributed by atoms with Crippen molar-refractivity contribution in [3.63, 3.8) is 0 Å². The molecule has 1 saturated carbocycles. The summed E-state index contributed by atoms with van der Waals surface area (Å²) in [7, 11) is 0. The molecule has 0 bridgehead atoms. The molecule has 2 rings (SSSR count). The molecule has 1 aromatic carbocycles. The van der Waals surface area contributed by atoms with Crippen LogP contribution < -0.4 is 5.32 Å². The maximum atomic E-state index is 12.0. The highest BCUT2D eigenvalue weighted by Crippen LogP contribution is 2.58. The molecule has 1 fully saturated rings. The highest BCUT2D eigenvalue weighted by molar-refractivity contribution is 5.99. The van der Waals surface area contributed by atoms with E-state index in [-0.39, 0.29) is 11.7 Å². The van der Waals surface area contributed by atoms with Crippen LogP contribution >= 0.6 is 0 Å². The Balaban J connectivity index is 2.06. The minimum Gasteiger partial charge on any atom is -0.508 e. The zero-order valence-corrected chi connectivity index (χ0v) is 10.2. The second-order valence-corrected chi connectivity index (χ2v) is 5.15. The molecule has 0 aliphatic heterocycles. The highest BCUT2D eigenvalue weighted by Gasteiger charge is 2.65. The summed E-state index contributed by atoms with van der Waals surface area (Å²) in [6.07, 6.45) is 0. The van der Waals surface area contributed by atoms with Gasteiger partial charge in [0, 0.05) is 5.69 Å². The Morgan fingerprint density at radius 3 is 2.17 bits per heavy atom. The third-order valence-electron chi connectivity index (χ3n) is 3.51. The van der Waals surface area contributed by atoms with Crippen LogP contribution in [0.1, 0.15) is 13.8 Å². The molecule has 1 aliphatic rings. The quantitative estimate of drug-likeness (QED) is 0.711. The van der Waals surface area contributed by atoms with Crippen molar-refractivity contribution in [1.29, 1.82) is 0 Å². The summed E-state index contributed by atoms with van der Waals surface area (Å²) < 4.78 is 0. The van der Waals surface area contributed by atoms with Gasteiger partial charge in [0.15, 0.2) is 0 Å². The average Bonchev–Trinajstić information content (AvgIpc) is 2.85. The summed E-state index contributed by atoms with van der Waals surface area (Å²) in [5.41, 5.74) is 0.0389. The monoisotopic (exact) mass is 249 g/mol. The average molecular weight is 249 g/mol. The summed E-state index contributed by atoms with van der Waals surface area (Å²) in [6, 6.07) is 6.06. The number of anilines is 1. The predicted octanol–water partition coefficient (Wildman–Crippen LogP) is 1.69. The maximum Gasteiger partial charge on any atom is 0.307 e. The van der Waals surface area contributed by atoms with Crippen molar-refractivity contribution in [1.82, 2.24) is 0 Å². The Morgan fingerprint density at radius 2 is 1.72 bits per heavy atom. The van der Waals surface area contributed by atoms with Crippen molar-refractivity contribution in [3.05, 3.63) is 24.3 Å². The highest BCUT2D eigenvalue weighted by atomic mass is 16.4. The smallest absolute Gasteiger partial charge is 0.307 e. The van der Waals surface area contributed by atoms with E-state index in [4.69, 9.17) is 10.2 Å². The molecular weight excluding hydrogens is 234 g/mol. The van der Waals surface area contributed by atoms with Crippen molar-refractivity contribution >= 4 is 17.6 Å². The number of hydrogen-bond donors (Lipinski definition) is 3. The Bertz CT molecular complexity index is 492. The molecule has 3 N–H and O–H groups in total. The van der Waals surface area contributed by atoms with Crippen LogP contribution in [0.2, 0.25) is 0 Å². The van der Waals surface area contributed by atoms with Gasteiger partial charge in [-0.25, -0.2) is 0 Å². The fraction of sp³-hybridized carbons (Fsp3) is 0.385. The van der Waals surface area contributed by atoms with Gasteiger partial charge in [0.1, 0.15) is 5.75 Å². The number of phenolic OH excluding ortho intramolecular Hbond substituents is 1. The van der Waals surface area contributed by atoms with Gasteiger partial charge in [-0.3, -0.25) is 9.59 Å². The molecule has 0 radical (unpaired) electrons. The first-order valence-electron chi connectivity index (χ1n) is 5.66. The van der Waals surface area contributed by atoms with Gasteiger partial charge in [0.25, 0.3) is 0 Å². The number of nitrogens with one attached hydrogen (secondary N) is 1. The minimum absolute atomic E-state index is 0.114. The molecule has 18 heavy (non-hydrogen) atoms. The third kappa shape index (κ3) is 2.03. The summed E-state index contributed by atoms with van der Waals surface area (Å²) in [4.78, 5) is 22.9. The largest absolute Gasteiger partial charge is 0.508 e. The second-order valence-electron chi connectivity index (χ2n) is 5.15. The molecule has 96 valence electrons. The third-order valence-corrected chi connectivity index (χ3v) is 3.51. The van der Waals surface area contributed by atoms with E-state index in [1.807, 2.05) is 0 Å². The Kier molecular flexibility index (Phi) is 2.77. The van der Waals surface area contributed by atoms with E-state index >= 15 is 0 Å². The van der Waals surface area contributed by atoms with Crippen LogP contribution in [0.3, 0.4) is 0 Å². The Hall–Kier alpha value is -2.04. The topological polar surface area (TPSA) is 86.6 Å². The number of carbonyl (C=O) groups excluding carboxylic acids is 1. The Morgan fingerprint density at radius 1 is 1.17 bits per heavy atom. The van der Waals surface area contributed by atoms with Gasteiger partial charge in [-0.1, -0.05) is 13.8 Å². The van der Waals surface area contributed by atoms with Gasteiger partial charge in [-0.2, -0.15) is 0 Å². The molecule has 0 aromatic heterocycles. The Labute approximate surface area is 104 Å². The lowest BCUT2D eigenvalue weighted by atomic mass is 10.1. The van der Waals surface area contributed by atoms with Crippen LogP contribution in [0.5, 0.6) is 5.75 Å². The first kappa shape index (κ1) is 12.4. The molecule has 1 aromatic rings.